The molecule has 0 heterocycles. The highest BCUT2D eigenvalue weighted by Gasteiger charge is 2.31. The summed E-state index contributed by atoms with van der Waals surface area (Å²) in [6.07, 6.45) is -0.751. The molecule has 0 aliphatic heterocycles. The highest BCUT2D eigenvalue weighted by molar-refractivity contribution is 5.84. The van der Waals surface area contributed by atoms with Gasteiger partial charge in [0, 0.05) is 18.4 Å². The second-order valence-corrected chi connectivity index (χ2v) is 12.5. The molecule has 4 aromatic rings. The molecule has 0 spiro atoms. The Kier molecular flexibility index (Phi) is 11.9. The standard InChI is InChI=1S/C40H45NO9/c1-24(2)21-48-23-33(41-40(43)49-22-32-30-14-10-8-12-28(30)29-13-9-11-15-31(29)32)39(42)50-35-18-26(16-17-34(35)44-4)25(3)27-19-36(45-5)38(47-7)37(20-27)46-6/h8-20,24-25,32-33H,21-23H2,1-7H3,(H,41,43)/t25?,33-/m1/s1. The Hall–Kier alpha value is -5.22. The van der Waals surface area contributed by atoms with Gasteiger partial charge in [-0.15, -0.1) is 0 Å². The molecule has 5 rings (SSSR count). The fourth-order valence-electron chi connectivity index (χ4n) is 6.14. The molecule has 4 aromatic carbocycles. The van der Waals surface area contributed by atoms with Crippen molar-refractivity contribution < 1.29 is 42.7 Å². The Balaban J connectivity index is 1.33. The summed E-state index contributed by atoms with van der Waals surface area (Å²) in [4.78, 5) is 26.9. The number of esters is 1. The zero-order chi connectivity index (χ0) is 35.8. The fourth-order valence-corrected chi connectivity index (χ4v) is 6.14. The first-order chi connectivity index (χ1) is 24.2. The molecule has 0 bridgehead atoms. The van der Waals surface area contributed by atoms with Crippen molar-refractivity contribution in [2.75, 3.05) is 48.3 Å². The van der Waals surface area contributed by atoms with Gasteiger partial charge in [0.25, 0.3) is 0 Å². The zero-order valence-corrected chi connectivity index (χ0v) is 29.6. The molecule has 1 amide bonds. The predicted molar refractivity (Wildman–Crippen MR) is 190 cm³/mol. The van der Waals surface area contributed by atoms with E-state index in [1.54, 1.807) is 33.5 Å². The van der Waals surface area contributed by atoms with E-state index >= 15 is 0 Å². The van der Waals surface area contributed by atoms with Crippen LogP contribution in [0.4, 0.5) is 4.79 Å². The number of benzene rings is 4. The SMILES string of the molecule is COc1ccc(C(C)c2cc(OC)c(OC)c(OC)c2)cc1OC(=O)[C@@H](COCC(C)C)NC(=O)OCC1c2ccccc2-c2ccccc21. The van der Waals surface area contributed by atoms with E-state index < -0.39 is 18.1 Å². The molecule has 0 fully saturated rings. The monoisotopic (exact) mass is 683 g/mol. The van der Waals surface area contributed by atoms with Crippen molar-refractivity contribution >= 4 is 12.1 Å². The van der Waals surface area contributed by atoms with E-state index in [-0.39, 0.29) is 36.7 Å². The van der Waals surface area contributed by atoms with Crippen molar-refractivity contribution in [1.82, 2.24) is 5.32 Å². The number of alkyl carbamates (subject to hydrolysis) is 1. The lowest BCUT2D eigenvalue weighted by Crippen LogP contribution is -2.46. The van der Waals surface area contributed by atoms with Crippen molar-refractivity contribution in [1.29, 1.82) is 0 Å². The van der Waals surface area contributed by atoms with Crippen molar-refractivity contribution in [3.63, 3.8) is 0 Å². The Morgan fingerprint density at radius 2 is 1.26 bits per heavy atom. The molecule has 2 atom stereocenters. The Bertz CT molecular complexity index is 1730. The summed E-state index contributed by atoms with van der Waals surface area (Å²) in [6.45, 7) is 6.39. The smallest absolute Gasteiger partial charge is 0.407 e. The summed E-state index contributed by atoms with van der Waals surface area (Å²) in [5.41, 5.74) is 6.14. The molecule has 1 N–H and O–H groups in total. The Morgan fingerprint density at radius 3 is 1.82 bits per heavy atom. The number of methoxy groups -OCH3 is 4. The van der Waals surface area contributed by atoms with Gasteiger partial charge in [0.05, 0.1) is 35.0 Å². The lowest BCUT2D eigenvalue weighted by molar-refractivity contribution is -0.138. The Labute approximate surface area is 293 Å². The molecule has 10 nitrogen and oxygen atoms in total. The normalized spacial score (nSPS) is 13.1. The number of nitrogens with one attached hydrogen (secondary N) is 1. The summed E-state index contributed by atoms with van der Waals surface area (Å²) >= 11 is 0. The van der Waals surface area contributed by atoms with Gasteiger partial charge in [0.1, 0.15) is 6.61 Å². The van der Waals surface area contributed by atoms with Crippen LogP contribution in [0.1, 0.15) is 54.9 Å². The van der Waals surface area contributed by atoms with Crippen LogP contribution in [0.5, 0.6) is 28.7 Å². The van der Waals surface area contributed by atoms with Gasteiger partial charge in [0.2, 0.25) is 5.75 Å². The molecule has 1 aliphatic carbocycles. The third kappa shape index (κ3) is 7.97. The molecule has 1 unspecified atom stereocenters. The van der Waals surface area contributed by atoms with Crippen molar-refractivity contribution in [3.8, 4) is 39.9 Å². The summed E-state index contributed by atoms with van der Waals surface area (Å²) in [6, 6.07) is 24.2. The third-order valence-electron chi connectivity index (χ3n) is 8.74. The molecule has 0 saturated carbocycles. The summed E-state index contributed by atoms with van der Waals surface area (Å²) in [7, 11) is 6.17. The van der Waals surface area contributed by atoms with Crippen LogP contribution in [0.25, 0.3) is 11.1 Å². The first kappa shape index (κ1) is 36.1. The van der Waals surface area contributed by atoms with E-state index in [2.05, 4.69) is 17.4 Å². The van der Waals surface area contributed by atoms with Crippen molar-refractivity contribution in [2.45, 2.75) is 38.6 Å². The topological polar surface area (TPSA) is 111 Å². The summed E-state index contributed by atoms with van der Waals surface area (Å²) in [5, 5.41) is 2.68. The van der Waals surface area contributed by atoms with Crippen LogP contribution in [-0.2, 0) is 14.3 Å². The van der Waals surface area contributed by atoms with E-state index in [4.69, 9.17) is 33.2 Å². The van der Waals surface area contributed by atoms with Gasteiger partial charge >= 0.3 is 12.1 Å². The maximum Gasteiger partial charge on any atom is 0.407 e. The lowest BCUT2D eigenvalue weighted by Gasteiger charge is -2.21. The van der Waals surface area contributed by atoms with Crippen LogP contribution in [0.15, 0.2) is 78.9 Å². The molecule has 0 aromatic heterocycles. The molecule has 10 heteroatoms. The molecule has 264 valence electrons. The van der Waals surface area contributed by atoms with Crippen LogP contribution in [0, 0.1) is 5.92 Å². The molecular weight excluding hydrogens is 638 g/mol. The molecule has 50 heavy (non-hydrogen) atoms. The number of carbonyl (C=O) groups excluding carboxylic acids is 2. The summed E-state index contributed by atoms with van der Waals surface area (Å²) < 4.78 is 39.5. The number of hydrogen-bond acceptors (Lipinski definition) is 9. The molecular formula is C40H45NO9. The van der Waals surface area contributed by atoms with E-state index in [1.807, 2.05) is 75.4 Å². The Morgan fingerprint density at radius 1 is 0.680 bits per heavy atom. The average Bonchev–Trinajstić information content (AvgIpc) is 3.45. The van der Waals surface area contributed by atoms with Gasteiger partial charge in [-0.1, -0.05) is 75.4 Å². The number of ether oxygens (including phenoxy) is 7. The van der Waals surface area contributed by atoms with Gasteiger partial charge in [0.15, 0.2) is 29.0 Å². The second kappa shape index (κ2) is 16.5. The van der Waals surface area contributed by atoms with Crippen LogP contribution in [0.3, 0.4) is 0 Å². The van der Waals surface area contributed by atoms with Crippen LogP contribution < -0.4 is 29.0 Å². The lowest BCUT2D eigenvalue weighted by atomic mass is 9.92. The largest absolute Gasteiger partial charge is 0.493 e. The van der Waals surface area contributed by atoms with Gasteiger partial charge in [-0.3, -0.25) is 0 Å². The van der Waals surface area contributed by atoms with Gasteiger partial charge in [-0.25, -0.2) is 9.59 Å². The van der Waals surface area contributed by atoms with E-state index in [1.165, 1.54) is 7.11 Å². The molecule has 1 aliphatic rings. The first-order valence-corrected chi connectivity index (χ1v) is 16.6. The van der Waals surface area contributed by atoms with E-state index in [0.717, 1.165) is 33.4 Å². The highest BCUT2D eigenvalue weighted by Crippen LogP contribution is 2.45. The highest BCUT2D eigenvalue weighted by atomic mass is 16.6. The fraction of sp³-hybridized carbons (Fsp3) is 0.350. The minimum absolute atomic E-state index is 0.100. The average molecular weight is 684 g/mol. The number of rotatable bonds is 15. The van der Waals surface area contributed by atoms with Crippen LogP contribution in [-0.4, -0.2) is 66.4 Å². The van der Waals surface area contributed by atoms with E-state index in [9.17, 15) is 9.59 Å². The van der Waals surface area contributed by atoms with Crippen LogP contribution >= 0.6 is 0 Å². The van der Waals surface area contributed by atoms with Gasteiger partial charge < -0.3 is 38.5 Å². The number of amides is 1. The first-order valence-electron chi connectivity index (χ1n) is 16.6. The number of fused-ring (bicyclic) bond motifs is 3. The van der Waals surface area contributed by atoms with E-state index in [0.29, 0.717) is 29.6 Å². The minimum atomic E-state index is -1.15. The quantitative estimate of drug-likeness (QED) is 0.102. The number of carbonyl (C=O) groups is 2. The van der Waals surface area contributed by atoms with Crippen molar-refractivity contribution in [3.05, 3.63) is 101 Å². The van der Waals surface area contributed by atoms with Gasteiger partial charge in [-0.2, -0.15) is 0 Å². The number of hydrogen-bond donors (Lipinski definition) is 1. The van der Waals surface area contributed by atoms with Gasteiger partial charge in [-0.05, 0) is 63.6 Å². The third-order valence-corrected chi connectivity index (χ3v) is 8.74. The summed E-state index contributed by atoms with van der Waals surface area (Å²) in [5.74, 6) is 1.28. The van der Waals surface area contributed by atoms with Crippen LogP contribution in [0.2, 0.25) is 0 Å². The second-order valence-electron chi connectivity index (χ2n) is 12.5. The molecule has 0 radical (unpaired) electrons. The maximum atomic E-state index is 13.7. The maximum absolute atomic E-state index is 13.7. The zero-order valence-electron chi connectivity index (χ0n) is 29.6. The van der Waals surface area contributed by atoms with Crippen molar-refractivity contribution in [2.24, 2.45) is 5.92 Å². The predicted octanol–water partition coefficient (Wildman–Crippen LogP) is 7.36. The molecule has 0 saturated heterocycles. The minimum Gasteiger partial charge on any atom is -0.493 e.